The second-order valence-electron chi connectivity index (χ2n) is 6.51. The molecule has 2 N–H and O–H groups in total. The molecule has 0 heterocycles. The number of phenolic OH excluding ortho intramolecular Hbond substituents is 2. The summed E-state index contributed by atoms with van der Waals surface area (Å²) in [5.41, 5.74) is 1.24. The van der Waals surface area contributed by atoms with Gasteiger partial charge in [-0.1, -0.05) is 50.3 Å². The van der Waals surface area contributed by atoms with Crippen molar-refractivity contribution in [3.05, 3.63) is 48.0 Å². The van der Waals surface area contributed by atoms with Crippen LogP contribution in [0.2, 0.25) is 0 Å². The molecular weight excluding hydrogens is 350 g/mol. The number of anilines is 1. The van der Waals surface area contributed by atoms with E-state index in [9.17, 15) is 18.6 Å². The molecule has 0 saturated carbocycles. The van der Waals surface area contributed by atoms with Gasteiger partial charge in [0.25, 0.3) is 10.0 Å². The zero-order valence-electron chi connectivity index (χ0n) is 15.4. The number of sulfonamides is 1. The maximum Gasteiger partial charge on any atom is 0.264 e. The molecule has 0 unspecified atom stereocenters. The highest BCUT2D eigenvalue weighted by molar-refractivity contribution is 7.92. The minimum atomic E-state index is -3.79. The van der Waals surface area contributed by atoms with E-state index >= 15 is 0 Å². The first-order chi connectivity index (χ1) is 12.3. The van der Waals surface area contributed by atoms with Gasteiger partial charge < -0.3 is 10.2 Å². The Kier molecular flexibility index (Phi) is 6.91. The molecule has 0 atom stereocenters. The smallest absolute Gasteiger partial charge is 0.264 e. The molecule has 0 fully saturated rings. The molecule has 0 radical (unpaired) electrons. The number of aryl methyl sites for hydroxylation is 1. The van der Waals surface area contributed by atoms with Crippen LogP contribution < -0.4 is 4.31 Å². The summed E-state index contributed by atoms with van der Waals surface area (Å²) in [6.45, 7) is 4.32. The molecule has 0 spiro atoms. The zero-order chi connectivity index (χ0) is 19.2. The first kappa shape index (κ1) is 20.1. The van der Waals surface area contributed by atoms with E-state index in [-0.39, 0.29) is 22.1 Å². The molecule has 0 saturated heterocycles. The van der Waals surface area contributed by atoms with Crippen LogP contribution in [0.25, 0.3) is 0 Å². The zero-order valence-corrected chi connectivity index (χ0v) is 16.2. The van der Waals surface area contributed by atoms with E-state index in [4.69, 9.17) is 0 Å². The van der Waals surface area contributed by atoms with Crippen LogP contribution in [0.15, 0.2) is 47.4 Å². The SMILES string of the molecule is CCCCCCCN(c1cc(O)cc(O)c1)S(=O)(=O)c1ccc(C)cc1. The van der Waals surface area contributed by atoms with Crippen molar-refractivity contribution in [1.82, 2.24) is 0 Å². The van der Waals surface area contributed by atoms with Gasteiger partial charge in [0, 0.05) is 24.7 Å². The Hall–Kier alpha value is -2.21. The fourth-order valence-corrected chi connectivity index (χ4v) is 4.29. The normalized spacial score (nSPS) is 11.5. The minimum absolute atomic E-state index is 0.171. The molecule has 5 nitrogen and oxygen atoms in total. The summed E-state index contributed by atoms with van der Waals surface area (Å²) in [4.78, 5) is 0.194. The highest BCUT2D eigenvalue weighted by Crippen LogP contribution is 2.31. The average Bonchev–Trinajstić information content (AvgIpc) is 2.57. The van der Waals surface area contributed by atoms with Crippen LogP contribution in [-0.2, 0) is 10.0 Å². The van der Waals surface area contributed by atoms with Crippen LogP contribution >= 0.6 is 0 Å². The van der Waals surface area contributed by atoms with Gasteiger partial charge in [-0.3, -0.25) is 4.31 Å². The van der Waals surface area contributed by atoms with Gasteiger partial charge in [-0.15, -0.1) is 0 Å². The number of hydrogen-bond donors (Lipinski definition) is 2. The first-order valence-corrected chi connectivity index (χ1v) is 10.4. The Morgan fingerprint density at radius 1 is 0.885 bits per heavy atom. The molecule has 0 amide bonds. The fraction of sp³-hybridized carbons (Fsp3) is 0.400. The van der Waals surface area contributed by atoms with Gasteiger partial charge in [-0.2, -0.15) is 0 Å². The number of hydrogen-bond acceptors (Lipinski definition) is 4. The summed E-state index contributed by atoms with van der Waals surface area (Å²) in [6, 6.07) is 10.6. The van der Waals surface area contributed by atoms with Gasteiger partial charge in [0.15, 0.2) is 0 Å². The van der Waals surface area contributed by atoms with E-state index in [1.807, 2.05) is 6.92 Å². The van der Waals surface area contributed by atoms with Gasteiger partial charge in [-0.25, -0.2) is 8.42 Å². The molecule has 26 heavy (non-hydrogen) atoms. The quantitative estimate of drug-likeness (QED) is 0.628. The standard InChI is InChI=1S/C20H27NO4S/c1-3-4-5-6-7-12-21(17-13-18(22)15-19(23)14-17)26(24,25)20-10-8-16(2)9-11-20/h8-11,13-15,22-23H,3-7,12H2,1-2H3. The van der Waals surface area contributed by atoms with Crippen LogP contribution in [0.4, 0.5) is 5.69 Å². The van der Waals surface area contributed by atoms with E-state index in [1.165, 1.54) is 22.5 Å². The second kappa shape index (κ2) is 8.94. The number of unbranched alkanes of at least 4 members (excludes halogenated alkanes) is 4. The molecule has 2 aromatic rings. The predicted octanol–water partition coefficient (Wildman–Crippen LogP) is 4.57. The lowest BCUT2D eigenvalue weighted by Crippen LogP contribution is -2.32. The number of rotatable bonds is 9. The van der Waals surface area contributed by atoms with Crippen molar-refractivity contribution in [2.24, 2.45) is 0 Å². The lowest BCUT2D eigenvalue weighted by atomic mass is 10.1. The third kappa shape index (κ3) is 5.14. The third-order valence-electron chi connectivity index (χ3n) is 4.25. The van der Waals surface area contributed by atoms with E-state index in [2.05, 4.69) is 6.92 Å². The molecule has 0 aliphatic heterocycles. The van der Waals surface area contributed by atoms with Crippen LogP contribution in [0.5, 0.6) is 11.5 Å². The lowest BCUT2D eigenvalue weighted by Gasteiger charge is -2.25. The van der Waals surface area contributed by atoms with Crippen molar-refractivity contribution in [2.45, 2.75) is 50.8 Å². The van der Waals surface area contributed by atoms with Gasteiger partial charge in [0.05, 0.1) is 10.6 Å². The lowest BCUT2D eigenvalue weighted by molar-refractivity contribution is 0.451. The summed E-state index contributed by atoms with van der Waals surface area (Å²) in [6.07, 6.45) is 4.93. The number of aromatic hydroxyl groups is 2. The number of benzene rings is 2. The van der Waals surface area contributed by atoms with Gasteiger partial charge in [0.2, 0.25) is 0 Å². The summed E-state index contributed by atoms with van der Waals surface area (Å²) in [5, 5.41) is 19.6. The molecule has 142 valence electrons. The maximum absolute atomic E-state index is 13.1. The third-order valence-corrected chi connectivity index (χ3v) is 6.09. The summed E-state index contributed by atoms with van der Waals surface area (Å²) in [7, 11) is -3.79. The van der Waals surface area contributed by atoms with Crippen molar-refractivity contribution in [1.29, 1.82) is 0 Å². The average molecular weight is 378 g/mol. The summed E-state index contributed by atoms with van der Waals surface area (Å²) >= 11 is 0. The summed E-state index contributed by atoms with van der Waals surface area (Å²) in [5.74, 6) is -0.342. The molecule has 0 aliphatic carbocycles. The minimum Gasteiger partial charge on any atom is -0.508 e. The Bertz CT molecular complexity index is 796. The number of nitrogens with zero attached hydrogens (tertiary/aromatic N) is 1. The van der Waals surface area contributed by atoms with Crippen LogP contribution in [0, 0.1) is 6.92 Å². The second-order valence-corrected chi connectivity index (χ2v) is 8.37. The molecule has 2 aromatic carbocycles. The molecular formula is C20H27NO4S. The van der Waals surface area contributed by atoms with Crippen molar-refractivity contribution in [2.75, 3.05) is 10.8 Å². The van der Waals surface area contributed by atoms with Gasteiger partial charge in [0.1, 0.15) is 11.5 Å². The number of phenols is 2. The predicted molar refractivity (Wildman–Crippen MR) is 104 cm³/mol. The van der Waals surface area contributed by atoms with Crippen LogP contribution in [0.1, 0.15) is 44.6 Å². The molecule has 6 heteroatoms. The Labute approximate surface area is 156 Å². The highest BCUT2D eigenvalue weighted by atomic mass is 32.2. The van der Waals surface area contributed by atoms with Crippen molar-refractivity contribution >= 4 is 15.7 Å². The topological polar surface area (TPSA) is 77.8 Å². The van der Waals surface area contributed by atoms with Crippen molar-refractivity contribution in [3.63, 3.8) is 0 Å². The maximum atomic E-state index is 13.1. The van der Waals surface area contributed by atoms with Gasteiger partial charge >= 0.3 is 0 Å². The Balaban J connectivity index is 2.34. The fourth-order valence-electron chi connectivity index (χ4n) is 2.81. The largest absolute Gasteiger partial charge is 0.508 e. The molecule has 0 aliphatic rings. The summed E-state index contributed by atoms with van der Waals surface area (Å²) < 4.78 is 27.6. The highest BCUT2D eigenvalue weighted by Gasteiger charge is 2.25. The monoisotopic (exact) mass is 377 g/mol. The van der Waals surface area contributed by atoms with E-state index in [1.54, 1.807) is 24.3 Å². The van der Waals surface area contributed by atoms with Crippen LogP contribution in [-0.4, -0.2) is 25.2 Å². The molecule has 0 aromatic heterocycles. The Morgan fingerprint density at radius 3 is 2.04 bits per heavy atom. The van der Waals surface area contributed by atoms with Crippen LogP contribution in [0.3, 0.4) is 0 Å². The Morgan fingerprint density at radius 2 is 1.46 bits per heavy atom. The van der Waals surface area contributed by atoms with Crippen molar-refractivity contribution in [3.8, 4) is 11.5 Å². The van der Waals surface area contributed by atoms with Gasteiger partial charge in [-0.05, 0) is 25.5 Å². The van der Waals surface area contributed by atoms with Crippen molar-refractivity contribution < 1.29 is 18.6 Å². The van der Waals surface area contributed by atoms with E-state index in [0.29, 0.717) is 13.0 Å². The first-order valence-electron chi connectivity index (χ1n) is 8.97. The molecule has 0 bridgehead atoms. The van der Waals surface area contributed by atoms with E-state index < -0.39 is 10.0 Å². The van der Waals surface area contributed by atoms with E-state index in [0.717, 1.165) is 31.2 Å². The molecule has 2 rings (SSSR count).